The summed E-state index contributed by atoms with van der Waals surface area (Å²) in [5.41, 5.74) is 5.03. The number of piperazine rings is 1. The van der Waals surface area contributed by atoms with E-state index in [4.69, 9.17) is 23.2 Å². The van der Waals surface area contributed by atoms with Gasteiger partial charge in [0.15, 0.2) is 0 Å². The second-order valence-corrected chi connectivity index (χ2v) is 13.0. The number of amides is 2. The number of carbonyl (C=O) groups excluding carboxylic acids is 2. The van der Waals surface area contributed by atoms with Crippen LogP contribution in [0, 0.1) is 19.8 Å². The number of nitrogens with one attached hydrogen (secondary N) is 1. The molecule has 2 heterocycles. The lowest BCUT2D eigenvalue weighted by atomic mass is 10.00. The van der Waals surface area contributed by atoms with Crippen molar-refractivity contribution < 1.29 is 9.59 Å². The lowest BCUT2D eigenvalue weighted by molar-refractivity contribution is -0.135. The van der Waals surface area contributed by atoms with Gasteiger partial charge in [0.2, 0.25) is 5.91 Å². The van der Waals surface area contributed by atoms with Gasteiger partial charge in [-0.15, -0.1) is 0 Å². The summed E-state index contributed by atoms with van der Waals surface area (Å²) < 4.78 is 0. The van der Waals surface area contributed by atoms with Gasteiger partial charge in [0.25, 0.3) is 5.91 Å². The van der Waals surface area contributed by atoms with Crippen LogP contribution in [0.1, 0.15) is 51.5 Å². The summed E-state index contributed by atoms with van der Waals surface area (Å²) in [6.07, 6.45) is 2.25. The van der Waals surface area contributed by atoms with E-state index in [0.717, 1.165) is 36.2 Å². The Morgan fingerprint density at radius 1 is 0.881 bits per heavy atom. The van der Waals surface area contributed by atoms with Crippen LogP contribution in [0.4, 0.5) is 0 Å². The van der Waals surface area contributed by atoms with Crippen LogP contribution in [0.2, 0.25) is 10.0 Å². The average Bonchev–Trinajstić information content (AvgIpc) is 3.57. The zero-order valence-corrected chi connectivity index (χ0v) is 25.7. The first kappa shape index (κ1) is 29.2. The molecule has 3 unspecified atom stereocenters. The van der Waals surface area contributed by atoms with E-state index in [1.54, 1.807) is 6.07 Å². The van der Waals surface area contributed by atoms with Crippen LogP contribution in [-0.4, -0.2) is 71.3 Å². The van der Waals surface area contributed by atoms with Gasteiger partial charge < -0.3 is 15.1 Å². The van der Waals surface area contributed by atoms with Gasteiger partial charge in [-0.3, -0.25) is 14.5 Å². The molecule has 1 saturated carbocycles. The van der Waals surface area contributed by atoms with Gasteiger partial charge in [-0.25, -0.2) is 0 Å². The number of likely N-dealkylation sites (tertiary alicyclic amines) is 1. The van der Waals surface area contributed by atoms with Crippen LogP contribution >= 0.6 is 23.2 Å². The monoisotopic (exact) mass is 604 g/mol. The molecule has 6 rings (SSSR count). The third-order valence-corrected chi connectivity index (χ3v) is 9.92. The Morgan fingerprint density at radius 3 is 2.33 bits per heavy atom. The number of nitrogens with zero attached hydrogens (tertiary/aromatic N) is 3. The highest BCUT2D eigenvalue weighted by atomic mass is 35.5. The fourth-order valence-corrected chi connectivity index (χ4v) is 7.49. The third-order valence-electron chi connectivity index (χ3n) is 9.18. The van der Waals surface area contributed by atoms with E-state index < -0.39 is 0 Å². The Morgan fingerprint density at radius 2 is 1.64 bits per heavy atom. The Labute approximate surface area is 258 Å². The highest BCUT2D eigenvalue weighted by Gasteiger charge is 2.44. The molecule has 3 aliphatic rings. The molecule has 3 aromatic rings. The highest BCUT2D eigenvalue weighted by Crippen LogP contribution is 2.39. The zero-order valence-electron chi connectivity index (χ0n) is 24.2. The summed E-state index contributed by atoms with van der Waals surface area (Å²) in [6, 6.07) is 22.7. The molecule has 6 nitrogen and oxygen atoms in total. The second kappa shape index (κ2) is 12.4. The van der Waals surface area contributed by atoms with Crippen molar-refractivity contribution >= 4 is 35.0 Å². The fourth-order valence-electron chi connectivity index (χ4n) is 7.18. The van der Waals surface area contributed by atoms with Crippen molar-refractivity contribution in [3.63, 3.8) is 0 Å². The number of hydrogen-bond acceptors (Lipinski definition) is 4. The quantitative estimate of drug-likeness (QED) is 0.365. The van der Waals surface area contributed by atoms with Crippen molar-refractivity contribution in [2.24, 2.45) is 5.92 Å². The molecule has 2 saturated heterocycles. The number of hydrogen-bond donors (Lipinski definition) is 1. The molecule has 2 amide bonds. The van der Waals surface area contributed by atoms with Gasteiger partial charge in [0, 0.05) is 50.4 Å². The van der Waals surface area contributed by atoms with Crippen molar-refractivity contribution in [2.45, 2.75) is 51.4 Å². The van der Waals surface area contributed by atoms with E-state index in [1.165, 1.54) is 12.0 Å². The maximum absolute atomic E-state index is 13.7. The molecule has 220 valence electrons. The predicted octanol–water partition coefficient (Wildman–Crippen LogP) is 5.89. The maximum Gasteiger partial charge on any atom is 0.254 e. The maximum atomic E-state index is 13.7. The molecular weight excluding hydrogens is 567 g/mol. The van der Waals surface area contributed by atoms with E-state index in [9.17, 15) is 9.59 Å². The molecule has 3 fully saturated rings. The average molecular weight is 606 g/mol. The van der Waals surface area contributed by atoms with Gasteiger partial charge in [0.05, 0.1) is 22.6 Å². The summed E-state index contributed by atoms with van der Waals surface area (Å²) in [5, 5.41) is 4.53. The van der Waals surface area contributed by atoms with Crippen molar-refractivity contribution in [1.82, 2.24) is 20.0 Å². The minimum Gasteiger partial charge on any atom is -0.334 e. The van der Waals surface area contributed by atoms with Gasteiger partial charge in [-0.2, -0.15) is 0 Å². The number of carbonyl (C=O) groups is 2. The van der Waals surface area contributed by atoms with Crippen LogP contribution in [0.5, 0.6) is 0 Å². The van der Waals surface area contributed by atoms with Crippen molar-refractivity contribution in [3.05, 3.63) is 105 Å². The number of benzene rings is 3. The number of aryl methyl sites for hydroxylation is 2. The summed E-state index contributed by atoms with van der Waals surface area (Å²) in [4.78, 5) is 33.6. The first-order valence-electron chi connectivity index (χ1n) is 14.9. The smallest absolute Gasteiger partial charge is 0.254 e. The van der Waals surface area contributed by atoms with Crippen LogP contribution in [0.25, 0.3) is 0 Å². The molecule has 2 bridgehead atoms. The summed E-state index contributed by atoms with van der Waals surface area (Å²) in [5.74, 6) is 0.595. The van der Waals surface area contributed by atoms with E-state index in [0.29, 0.717) is 53.2 Å². The highest BCUT2D eigenvalue weighted by molar-refractivity contribution is 6.42. The number of halogens is 2. The van der Waals surface area contributed by atoms with Crippen molar-refractivity contribution in [3.8, 4) is 0 Å². The first-order chi connectivity index (χ1) is 20.2. The second-order valence-electron chi connectivity index (χ2n) is 12.2. The summed E-state index contributed by atoms with van der Waals surface area (Å²) in [7, 11) is 0. The molecular formula is C34H38Cl2N4O2. The molecule has 1 N–H and O–H groups in total. The number of rotatable bonds is 7. The largest absolute Gasteiger partial charge is 0.334 e. The van der Waals surface area contributed by atoms with Crippen LogP contribution in [0.3, 0.4) is 0 Å². The molecule has 0 aromatic heterocycles. The van der Waals surface area contributed by atoms with Crippen LogP contribution < -0.4 is 5.32 Å². The Bertz CT molecular complexity index is 1440. The minimum atomic E-state index is -0.306. The molecule has 3 aromatic carbocycles. The van der Waals surface area contributed by atoms with E-state index in [-0.39, 0.29) is 24.4 Å². The lowest BCUT2D eigenvalue weighted by Gasteiger charge is -2.42. The number of piperidine rings is 1. The Balaban J connectivity index is 1.12. The summed E-state index contributed by atoms with van der Waals surface area (Å²) >= 11 is 12.6. The van der Waals surface area contributed by atoms with Crippen LogP contribution in [-0.2, 0) is 11.3 Å². The SMILES string of the molecule is Cc1cc(C)cc(C(=O)N2CCN(C(=O)CNC3CC4CC3CN4Cc3ccccc3)[C@H](c3ccc(Cl)c(Cl)c3)C2)c1. The Kier molecular flexibility index (Phi) is 8.60. The third kappa shape index (κ3) is 6.23. The van der Waals surface area contributed by atoms with Gasteiger partial charge in [-0.1, -0.05) is 76.8 Å². The standard InChI is InChI=1S/C34H38Cl2N4O2/c1-22-12-23(2)14-26(13-22)34(42)38-10-11-40(32(21-38)25-8-9-29(35)30(36)16-25)33(41)18-37-31-17-28-15-27(31)20-39(28)19-24-6-4-3-5-7-24/h3-9,12-14,16,27-28,31-32,37H,10-11,15,17-21H2,1-2H3/t27?,28?,31?,32-/m0/s1. The van der Waals surface area contributed by atoms with Gasteiger partial charge >= 0.3 is 0 Å². The predicted molar refractivity (Wildman–Crippen MR) is 168 cm³/mol. The molecule has 0 radical (unpaired) electrons. The molecule has 2 aliphatic heterocycles. The number of fused-ring (bicyclic) bond motifs is 2. The van der Waals surface area contributed by atoms with E-state index >= 15 is 0 Å². The fraction of sp³-hybridized carbons (Fsp3) is 0.412. The first-order valence-corrected chi connectivity index (χ1v) is 15.6. The van der Waals surface area contributed by atoms with Gasteiger partial charge in [-0.05, 0) is 68.0 Å². The van der Waals surface area contributed by atoms with Crippen LogP contribution in [0.15, 0.2) is 66.7 Å². The molecule has 1 aliphatic carbocycles. The van der Waals surface area contributed by atoms with E-state index in [2.05, 4.69) is 46.6 Å². The lowest BCUT2D eigenvalue weighted by Crippen LogP contribution is -2.55. The summed E-state index contributed by atoms with van der Waals surface area (Å²) in [6.45, 7) is 7.70. The van der Waals surface area contributed by atoms with Crippen molar-refractivity contribution in [1.29, 1.82) is 0 Å². The Hall–Kier alpha value is -2.90. The van der Waals surface area contributed by atoms with Crippen molar-refractivity contribution in [2.75, 3.05) is 32.7 Å². The molecule has 0 spiro atoms. The molecule has 42 heavy (non-hydrogen) atoms. The topological polar surface area (TPSA) is 55.9 Å². The van der Waals surface area contributed by atoms with E-state index in [1.807, 2.05) is 47.9 Å². The minimum absolute atomic E-state index is 0.0147. The molecule has 4 atom stereocenters. The molecule has 8 heteroatoms. The van der Waals surface area contributed by atoms with Gasteiger partial charge in [0.1, 0.15) is 0 Å². The zero-order chi connectivity index (χ0) is 29.4. The normalized spacial score (nSPS) is 23.9.